The second-order valence-electron chi connectivity index (χ2n) is 4.42. The van der Waals surface area contributed by atoms with Crippen molar-refractivity contribution in [2.24, 2.45) is 0 Å². The Kier molecular flexibility index (Phi) is 4.93. The normalized spacial score (nSPS) is 11.9. The summed E-state index contributed by atoms with van der Waals surface area (Å²) in [4.78, 5) is 1.33. The third-order valence-electron chi connectivity index (χ3n) is 3.08. The molecule has 0 aliphatic heterocycles. The lowest BCUT2D eigenvalue weighted by molar-refractivity contribution is 0.278. The molecule has 0 spiro atoms. The minimum absolute atomic E-state index is 0.177. The molecule has 0 bridgehead atoms. The molecule has 1 aromatic heterocycles. The van der Waals surface area contributed by atoms with Gasteiger partial charge in [-0.2, -0.15) is 0 Å². The van der Waals surface area contributed by atoms with E-state index in [0.29, 0.717) is 18.5 Å². The molecular weight excluding hydrogens is 294 g/mol. The van der Waals surface area contributed by atoms with Crippen LogP contribution in [0.25, 0.3) is 0 Å². The van der Waals surface area contributed by atoms with Crippen LogP contribution in [-0.4, -0.2) is 31.4 Å². The van der Waals surface area contributed by atoms with Crippen molar-refractivity contribution < 1.29 is 13.5 Å². The Morgan fingerprint density at radius 3 is 2.60 bits per heavy atom. The third-order valence-corrected chi connectivity index (χ3v) is 5.98. The number of nitrogens with zero attached hydrogens (tertiary/aromatic N) is 1. The molecule has 2 rings (SSSR count). The molecule has 20 heavy (non-hydrogen) atoms. The number of thiophene rings is 1. The largest absolute Gasteiger partial charge is 0.392 e. The summed E-state index contributed by atoms with van der Waals surface area (Å²) >= 11 is 1.62. The molecule has 0 radical (unpaired) electrons. The summed E-state index contributed by atoms with van der Waals surface area (Å²) in [5.41, 5.74) is 0.426. The highest BCUT2D eigenvalue weighted by molar-refractivity contribution is 7.89. The monoisotopic (exact) mass is 311 g/mol. The lowest BCUT2D eigenvalue weighted by Gasteiger charge is -2.18. The molecule has 108 valence electrons. The van der Waals surface area contributed by atoms with Crippen molar-refractivity contribution >= 4 is 21.4 Å². The molecular formula is C14H17NO3S2. The van der Waals surface area contributed by atoms with Crippen LogP contribution in [0.4, 0.5) is 0 Å². The van der Waals surface area contributed by atoms with Gasteiger partial charge in [0.1, 0.15) is 0 Å². The summed E-state index contributed by atoms with van der Waals surface area (Å²) < 4.78 is 26.3. The number of hydrogen-bond donors (Lipinski definition) is 1. The van der Waals surface area contributed by atoms with Crippen molar-refractivity contribution in [3.8, 4) is 0 Å². The minimum Gasteiger partial charge on any atom is -0.392 e. The van der Waals surface area contributed by atoms with Crippen molar-refractivity contribution in [2.45, 2.75) is 17.9 Å². The molecule has 0 fully saturated rings. The second kappa shape index (κ2) is 6.49. The molecule has 2 aromatic rings. The molecule has 0 aliphatic carbocycles. The fourth-order valence-corrected chi connectivity index (χ4v) is 3.98. The molecule has 1 heterocycles. The summed E-state index contributed by atoms with van der Waals surface area (Å²) in [6.07, 6.45) is 0.689. The fraction of sp³-hybridized carbons (Fsp3) is 0.286. The zero-order valence-corrected chi connectivity index (χ0v) is 12.8. The lowest BCUT2D eigenvalue weighted by atomic mass is 10.2. The van der Waals surface area contributed by atoms with E-state index in [2.05, 4.69) is 0 Å². The van der Waals surface area contributed by atoms with Crippen LogP contribution in [0.15, 0.2) is 46.7 Å². The highest BCUT2D eigenvalue weighted by Crippen LogP contribution is 2.20. The van der Waals surface area contributed by atoms with Gasteiger partial charge in [0.25, 0.3) is 0 Å². The number of likely N-dealkylation sites (N-methyl/N-ethyl adjacent to an activating group) is 1. The predicted octanol–water partition coefficient (Wildman–Crippen LogP) is 2.10. The number of rotatable bonds is 6. The minimum atomic E-state index is -3.56. The summed E-state index contributed by atoms with van der Waals surface area (Å²) in [5, 5.41) is 11.2. The van der Waals surface area contributed by atoms with Gasteiger partial charge in [-0.3, -0.25) is 0 Å². The van der Waals surface area contributed by atoms with Gasteiger partial charge in [0, 0.05) is 18.5 Å². The van der Waals surface area contributed by atoms with Crippen molar-refractivity contribution in [3.05, 3.63) is 52.2 Å². The van der Waals surface area contributed by atoms with Crippen LogP contribution in [0.3, 0.4) is 0 Å². The molecule has 6 heteroatoms. The number of aliphatic hydroxyl groups is 1. The van der Waals surface area contributed by atoms with Crippen LogP contribution in [0.2, 0.25) is 0 Å². The quantitative estimate of drug-likeness (QED) is 0.889. The molecule has 0 unspecified atom stereocenters. The van der Waals surface area contributed by atoms with Crippen molar-refractivity contribution in [1.29, 1.82) is 0 Å². The first-order valence-electron chi connectivity index (χ1n) is 6.23. The maximum Gasteiger partial charge on any atom is 0.243 e. The maximum absolute atomic E-state index is 12.5. The predicted molar refractivity (Wildman–Crippen MR) is 80.2 cm³/mol. The zero-order valence-electron chi connectivity index (χ0n) is 11.2. The highest BCUT2D eigenvalue weighted by Gasteiger charge is 2.23. The van der Waals surface area contributed by atoms with Gasteiger partial charge in [-0.15, -0.1) is 11.3 Å². The smallest absolute Gasteiger partial charge is 0.243 e. The third kappa shape index (κ3) is 3.27. The van der Waals surface area contributed by atoms with Gasteiger partial charge in [0.2, 0.25) is 10.0 Å². The van der Waals surface area contributed by atoms with Crippen molar-refractivity contribution in [1.82, 2.24) is 4.31 Å². The molecule has 0 saturated heterocycles. The van der Waals surface area contributed by atoms with Crippen LogP contribution in [-0.2, 0) is 23.1 Å². The van der Waals surface area contributed by atoms with Gasteiger partial charge in [0.15, 0.2) is 0 Å². The molecule has 0 atom stereocenters. The van der Waals surface area contributed by atoms with Crippen LogP contribution >= 0.6 is 11.3 Å². The Bertz CT molecular complexity index is 651. The average Bonchev–Trinajstić information content (AvgIpc) is 2.97. The zero-order chi connectivity index (χ0) is 14.6. The van der Waals surface area contributed by atoms with E-state index in [1.807, 2.05) is 17.5 Å². The van der Waals surface area contributed by atoms with Crippen LogP contribution in [0, 0.1) is 0 Å². The molecule has 1 aromatic carbocycles. The van der Waals surface area contributed by atoms with Crippen LogP contribution in [0.5, 0.6) is 0 Å². The van der Waals surface area contributed by atoms with Gasteiger partial charge in [-0.1, -0.05) is 24.3 Å². The average molecular weight is 311 g/mol. The van der Waals surface area contributed by atoms with Gasteiger partial charge >= 0.3 is 0 Å². The maximum atomic E-state index is 12.5. The van der Waals surface area contributed by atoms with Gasteiger partial charge in [0.05, 0.1) is 11.5 Å². The van der Waals surface area contributed by atoms with E-state index in [0.717, 1.165) is 4.88 Å². The van der Waals surface area contributed by atoms with Crippen molar-refractivity contribution in [3.63, 3.8) is 0 Å². The Balaban J connectivity index is 2.16. The van der Waals surface area contributed by atoms with E-state index in [4.69, 9.17) is 0 Å². The molecule has 0 aliphatic rings. The van der Waals surface area contributed by atoms with Crippen LogP contribution < -0.4 is 0 Å². The number of sulfonamides is 1. The van der Waals surface area contributed by atoms with E-state index in [9.17, 15) is 13.5 Å². The molecule has 0 saturated carbocycles. The van der Waals surface area contributed by atoms with Gasteiger partial charge < -0.3 is 5.11 Å². The number of benzene rings is 1. The lowest BCUT2D eigenvalue weighted by Crippen LogP contribution is -2.29. The first kappa shape index (κ1) is 15.2. The molecule has 4 nitrogen and oxygen atoms in total. The summed E-state index contributed by atoms with van der Waals surface area (Å²) in [6, 6.07) is 10.5. The summed E-state index contributed by atoms with van der Waals surface area (Å²) in [6.45, 7) is 0.136. The SMILES string of the molecule is CN(CCc1cccs1)S(=O)(=O)c1ccccc1CO. The Morgan fingerprint density at radius 2 is 1.95 bits per heavy atom. The standard InChI is InChI=1S/C14H17NO3S2/c1-15(9-8-13-6-4-10-19-13)20(17,18)14-7-3-2-5-12(14)11-16/h2-7,10,16H,8-9,11H2,1H3. The topological polar surface area (TPSA) is 57.6 Å². The van der Waals surface area contributed by atoms with Gasteiger partial charge in [-0.05, 0) is 29.5 Å². The fourth-order valence-electron chi connectivity index (χ4n) is 1.90. The van der Waals surface area contributed by atoms with Crippen LogP contribution in [0.1, 0.15) is 10.4 Å². The number of aliphatic hydroxyl groups excluding tert-OH is 1. The summed E-state index contributed by atoms with van der Waals surface area (Å²) in [5.74, 6) is 0. The Morgan fingerprint density at radius 1 is 1.20 bits per heavy atom. The molecule has 0 amide bonds. The van der Waals surface area contributed by atoms with E-state index in [1.54, 1.807) is 36.6 Å². The van der Waals surface area contributed by atoms with E-state index >= 15 is 0 Å². The molecule has 1 N–H and O–H groups in total. The van der Waals surface area contributed by atoms with E-state index < -0.39 is 10.0 Å². The van der Waals surface area contributed by atoms with Crippen molar-refractivity contribution in [2.75, 3.05) is 13.6 Å². The first-order valence-corrected chi connectivity index (χ1v) is 8.55. The van der Waals surface area contributed by atoms with E-state index in [-0.39, 0.29) is 11.5 Å². The Hall–Kier alpha value is -1.21. The van der Waals surface area contributed by atoms with Gasteiger partial charge in [-0.25, -0.2) is 12.7 Å². The second-order valence-corrected chi connectivity index (χ2v) is 7.47. The van der Waals surface area contributed by atoms with E-state index in [1.165, 1.54) is 10.4 Å². The summed E-state index contributed by atoms with van der Waals surface area (Å²) in [7, 11) is -1.99. The highest BCUT2D eigenvalue weighted by atomic mass is 32.2. The Labute approximate surface area is 123 Å². The first-order chi connectivity index (χ1) is 9.55. The number of hydrogen-bond acceptors (Lipinski definition) is 4.